The van der Waals surface area contributed by atoms with E-state index in [-0.39, 0.29) is 30.3 Å². The second-order valence-corrected chi connectivity index (χ2v) is 7.03. The highest BCUT2D eigenvalue weighted by Gasteiger charge is 2.25. The molecule has 0 aliphatic carbocycles. The maximum Gasteiger partial charge on any atom is 0.340 e. The average Bonchev–Trinajstić information content (AvgIpc) is 3.10. The Morgan fingerprint density at radius 1 is 1.36 bits per heavy atom. The normalized spacial score (nSPS) is 18.0. The lowest BCUT2D eigenvalue weighted by Gasteiger charge is -2.26. The van der Waals surface area contributed by atoms with Crippen LogP contribution in [0.4, 0.5) is 0 Å². The highest BCUT2D eigenvalue weighted by Crippen LogP contribution is 2.16. The van der Waals surface area contributed by atoms with Gasteiger partial charge in [0, 0.05) is 12.7 Å². The van der Waals surface area contributed by atoms with Crippen molar-refractivity contribution in [1.29, 1.82) is 0 Å². The number of hydrogen-bond donors (Lipinski definition) is 1. The molecule has 3 rings (SSSR count). The molecule has 0 bridgehead atoms. The topological polar surface area (TPSA) is 118 Å². The zero-order valence-electron chi connectivity index (χ0n) is 13.0. The van der Waals surface area contributed by atoms with Gasteiger partial charge in [0.05, 0.1) is 24.1 Å². The summed E-state index contributed by atoms with van der Waals surface area (Å²) in [6.45, 7) is -0.0278. The molecule has 10 heteroatoms. The largest absolute Gasteiger partial charge is 0.467 e. The fourth-order valence-electron chi connectivity index (χ4n) is 2.19. The van der Waals surface area contributed by atoms with Crippen molar-refractivity contribution in [3.63, 3.8) is 0 Å². The van der Waals surface area contributed by atoms with Crippen LogP contribution < -0.4 is 5.32 Å². The molecular formula is C15H15N3O6S. The van der Waals surface area contributed by atoms with Crippen LogP contribution in [0.1, 0.15) is 5.76 Å². The van der Waals surface area contributed by atoms with E-state index in [2.05, 4.69) is 9.71 Å². The molecule has 1 amide bonds. The van der Waals surface area contributed by atoms with Gasteiger partial charge in [0.15, 0.2) is 6.61 Å². The molecule has 132 valence electrons. The van der Waals surface area contributed by atoms with Gasteiger partial charge in [0.1, 0.15) is 11.6 Å². The Labute approximate surface area is 143 Å². The van der Waals surface area contributed by atoms with E-state index < -0.39 is 28.5 Å². The molecule has 1 N–H and O–H groups in total. The Balaban J connectivity index is 1.51. The van der Waals surface area contributed by atoms with Crippen molar-refractivity contribution in [2.75, 3.05) is 18.9 Å². The Morgan fingerprint density at radius 2 is 2.20 bits per heavy atom. The van der Waals surface area contributed by atoms with Crippen LogP contribution in [-0.4, -0.2) is 49.9 Å². The van der Waals surface area contributed by atoms with Crippen LogP contribution >= 0.6 is 0 Å². The van der Waals surface area contributed by atoms with E-state index in [0.29, 0.717) is 5.76 Å². The van der Waals surface area contributed by atoms with Gasteiger partial charge in [-0.25, -0.2) is 13.2 Å². The predicted molar refractivity (Wildman–Crippen MR) is 86.7 cm³/mol. The van der Waals surface area contributed by atoms with Gasteiger partial charge >= 0.3 is 5.97 Å². The van der Waals surface area contributed by atoms with E-state index in [1.165, 1.54) is 24.6 Å². The summed E-state index contributed by atoms with van der Waals surface area (Å²) in [6.07, 6.45) is 5.77. The zero-order valence-corrected chi connectivity index (χ0v) is 13.9. The van der Waals surface area contributed by atoms with Gasteiger partial charge in [-0.3, -0.25) is 4.79 Å². The maximum absolute atomic E-state index is 12.0. The van der Waals surface area contributed by atoms with E-state index >= 15 is 0 Å². The lowest BCUT2D eigenvalue weighted by Crippen LogP contribution is -2.37. The fourth-order valence-corrected chi connectivity index (χ4v) is 3.16. The lowest BCUT2D eigenvalue weighted by molar-refractivity contribution is -0.144. The van der Waals surface area contributed by atoms with Crippen molar-refractivity contribution in [2.24, 2.45) is 4.40 Å². The highest BCUT2D eigenvalue weighted by molar-refractivity contribution is 7.90. The summed E-state index contributed by atoms with van der Waals surface area (Å²) >= 11 is 0. The molecule has 9 nitrogen and oxygen atoms in total. The summed E-state index contributed by atoms with van der Waals surface area (Å²) in [5, 5.41) is 2.55. The summed E-state index contributed by atoms with van der Waals surface area (Å²) < 4.78 is 36.5. The minimum atomic E-state index is -3.45. The molecule has 0 radical (unpaired) electrons. The minimum Gasteiger partial charge on any atom is -0.467 e. The summed E-state index contributed by atoms with van der Waals surface area (Å²) in [6, 6.07) is 3.41. The number of furan rings is 1. The Kier molecular flexibility index (Phi) is 4.70. The van der Waals surface area contributed by atoms with Gasteiger partial charge in [0.25, 0.3) is 15.9 Å². The van der Waals surface area contributed by atoms with Gasteiger partial charge < -0.3 is 19.4 Å². The minimum absolute atomic E-state index is 0.127. The number of nitrogens with one attached hydrogen (secondary N) is 1. The number of nitrogens with zero attached hydrogens (tertiary/aromatic N) is 2. The first-order valence-electron chi connectivity index (χ1n) is 7.38. The van der Waals surface area contributed by atoms with Crippen LogP contribution in [0.5, 0.6) is 0 Å². The summed E-state index contributed by atoms with van der Waals surface area (Å²) in [5.41, 5.74) is 0.206. The number of carbonyl (C=O) groups excluding carboxylic acids is 2. The number of fused-ring (bicyclic) bond motifs is 1. The molecule has 0 unspecified atom stereocenters. The number of sulfonamides is 1. The van der Waals surface area contributed by atoms with Crippen LogP contribution in [0.15, 0.2) is 51.1 Å². The molecule has 3 heterocycles. The molecule has 1 aromatic rings. The molecular weight excluding hydrogens is 350 g/mol. The van der Waals surface area contributed by atoms with Gasteiger partial charge in [-0.2, -0.15) is 0 Å². The monoisotopic (exact) mass is 365 g/mol. The Hall–Kier alpha value is -2.88. The standard InChI is InChI=1S/C15H15N3O6S/c19-14(16-8-12-2-1-6-23-12)10-24-15(20)11-3-4-13-17-25(21,22)7-5-18(13)9-11/h1-4,6,9H,5,7-8,10H2,(H,16,19). The molecule has 0 aromatic carbocycles. The van der Waals surface area contributed by atoms with E-state index in [0.717, 1.165) is 0 Å². The highest BCUT2D eigenvalue weighted by atomic mass is 32.2. The van der Waals surface area contributed by atoms with Gasteiger partial charge in [-0.05, 0) is 24.3 Å². The summed E-state index contributed by atoms with van der Waals surface area (Å²) in [4.78, 5) is 25.2. The van der Waals surface area contributed by atoms with Crippen molar-refractivity contribution in [1.82, 2.24) is 10.2 Å². The molecule has 2 aliphatic rings. The van der Waals surface area contributed by atoms with Gasteiger partial charge in [-0.1, -0.05) is 0 Å². The number of ether oxygens (including phenoxy) is 1. The van der Waals surface area contributed by atoms with Crippen LogP contribution in [0.25, 0.3) is 0 Å². The smallest absolute Gasteiger partial charge is 0.340 e. The van der Waals surface area contributed by atoms with E-state index in [4.69, 9.17) is 9.15 Å². The number of esters is 1. The second-order valence-electron chi connectivity index (χ2n) is 5.28. The number of hydrogen-bond acceptors (Lipinski definition) is 7. The Morgan fingerprint density at radius 3 is 2.96 bits per heavy atom. The first kappa shape index (κ1) is 17.0. The third-order valence-corrected chi connectivity index (χ3v) is 4.60. The SMILES string of the molecule is O=C(COC(=O)C1=CN2CCS(=O)(=O)N=C2C=C1)NCc1ccco1. The molecule has 0 atom stereocenters. The predicted octanol–water partition coefficient (Wildman–Crippen LogP) is -0.0634. The third-order valence-electron chi connectivity index (χ3n) is 3.43. The fraction of sp³-hybridized carbons (Fsp3) is 0.267. The number of amides is 1. The number of carbonyl (C=O) groups is 2. The number of rotatable bonds is 5. The quantitative estimate of drug-likeness (QED) is 0.726. The van der Waals surface area contributed by atoms with Crippen molar-refractivity contribution >= 4 is 27.7 Å². The van der Waals surface area contributed by atoms with Crippen molar-refractivity contribution in [2.45, 2.75) is 6.54 Å². The first-order chi connectivity index (χ1) is 11.9. The molecule has 1 aromatic heterocycles. The Bertz CT molecular complexity index is 867. The van der Waals surface area contributed by atoms with Gasteiger partial charge in [0.2, 0.25) is 0 Å². The lowest BCUT2D eigenvalue weighted by atomic mass is 10.2. The van der Waals surface area contributed by atoms with Crippen molar-refractivity contribution in [3.8, 4) is 0 Å². The third kappa shape index (κ3) is 4.35. The van der Waals surface area contributed by atoms with Crippen LogP contribution in [0, 0.1) is 0 Å². The first-order valence-corrected chi connectivity index (χ1v) is 8.99. The maximum atomic E-state index is 12.0. The molecule has 0 saturated carbocycles. The summed E-state index contributed by atoms with van der Waals surface area (Å²) in [5.74, 6) is -0.435. The van der Waals surface area contributed by atoms with Crippen LogP contribution in [0.3, 0.4) is 0 Å². The molecule has 2 aliphatic heterocycles. The molecule has 25 heavy (non-hydrogen) atoms. The van der Waals surface area contributed by atoms with Crippen molar-refractivity contribution in [3.05, 3.63) is 48.1 Å². The average molecular weight is 365 g/mol. The zero-order chi connectivity index (χ0) is 17.9. The van der Waals surface area contributed by atoms with Crippen LogP contribution in [-0.2, 0) is 30.9 Å². The number of amidine groups is 1. The van der Waals surface area contributed by atoms with E-state index in [1.54, 1.807) is 17.0 Å². The van der Waals surface area contributed by atoms with Gasteiger partial charge in [-0.15, -0.1) is 4.40 Å². The second kappa shape index (κ2) is 6.93. The molecule has 0 fully saturated rings. The summed E-state index contributed by atoms with van der Waals surface area (Å²) in [7, 11) is -3.45. The van der Waals surface area contributed by atoms with Crippen molar-refractivity contribution < 1.29 is 27.2 Å². The van der Waals surface area contributed by atoms with E-state index in [1.807, 2.05) is 0 Å². The van der Waals surface area contributed by atoms with Crippen LogP contribution in [0.2, 0.25) is 0 Å². The van der Waals surface area contributed by atoms with E-state index in [9.17, 15) is 18.0 Å². The molecule has 0 spiro atoms. The molecule has 0 saturated heterocycles.